The number of rotatable bonds is 7. The maximum absolute atomic E-state index is 5.35. The zero-order chi connectivity index (χ0) is 18.5. The first-order chi connectivity index (χ1) is 13.3. The Morgan fingerprint density at radius 1 is 1.21 bits per heavy atom. The number of nitrogens with one attached hydrogen (secondary N) is 3. The second-order valence-electron chi connectivity index (χ2n) is 6.64. The molecule has 7 nitrogen and oxygen atoms in total. The van der Waals surface area contributed by atoms with Gasteiger partial charge in [0.25, 0.3) is 0 Å². The molecule has 3 heterocycles. The summed E-state index contributed by atoms with van der Waals surface area (Å²) in [5.41, 5.74) is 9.09. The molecule has 2 unspecified atom stereocenters. The highest BCUT2D eigenvalue weighted by Gasteiger charge is 2.28. The minimum Gasteiger partial charge on any atom is -0.497 e. The van der Waals surface area contributed by atoms with E-state index >= 15 is 0 Å². The molecule has 3 N–H and O–H groups in total. The van der Waals surface area contributed by atoms with E-state index in [1.807, 2.05) is 36.7 Å². The van der Waals surface area contributed by atoms with Crippen LogP contribution in [-0.4, -0.2) is 35.0 Å². The van der Waals surface area contributed by atoms with Crippen LogP contribution in [0.15, 0.2) is 61.1 Å². The van der Waals surface area contributed by atoms with Crippen molar-refractivity contribution in [1.82, 2.24) is 30.9 Å². The van der Waals surface area contributed by atoms with Gasteiger partial charge in [0.15, 0.2) is 5.82 Å². The zero-order valence-electron chi connectivity index (χ0n) is 15.7. The number of hydrazine groups is 1. The smallest absolute Gasteiger partial charge is 0.153 e. The molecule has 1 fully saturated rings. The summed E-state index contributed by atoms with van der Waals surface area (Å²) in [7, 11) is 1.70. The summed E-state index contributed by atoms with van der Waals surface area (Å²) in [6.07, 6.45) is 5.48. The minimum atomic E-state index is 0. The first-order valence-corrected chi connectivity index (χ1v) is 9.11. The van der Waals surface area contributed by atoms with Crippen LogP contribution in [0.1, 0.15) is 17.2 Å². The van der Waals surface area contributed by atoms with E-state index in [0.29, 0.717) is 5.92 Å². The molecule has 1 aromatic carbocycles. The van der Waals surface area contributed by atoms with Crippen molar-refractivity contribution >= 4 is 12.4 Å². The van der Waals surface area contributed by atoms with Crippen molar-refractivity contribution in [3.8, 4) is 11.6 Å². The fourth-order valence-electron chi connectivity index (χ4n) is 3.42. The molecule has 0 aliphatic carbocycles. The van der Waals surface area contributed by atoms with E-state index in [1.165, 1.54) is 11.1 Å². The fraction of sp³-hybridized carbons (Fsp3) is 0.300. The van der Waals surface area contributed by atoms with E-state index in [-0.39, 0.29) is 18.4 Å². The standard InChI is InChI=1S/C20H24N6O.ClH/c1-27-18-5-2-4-16(11-18)20-17(14-23-25-20)13-21-12-15-6-8-22-19(10-15)26-9-3-7-24-26;/h2-11,17,20-21,23,25H,12-14H2,1H3;1H. The van der Waals surface area contributed by atoms with Crippen molar-refractivity contribution in [2.75, 3.05) is 20.2 Å². The molecule has 0 radical (unpaired) electrons. The van der Waals surface area contributed by atoms with E-state index in [1.54, 1.807) is 18.0 Å². The summed E-state index contributed by atoms with van der Waals surface area (Å²) in [4.78, 5) is 4.38. The lowest BCUT2D eigenvalue weighted by Gasteiger charge is -2.20. The van der Waals surface area contributed by atoms with Gasteiger partial charge in [0.1, 0.15) is 5.75 Å². The number of benzene rings is 1. The largest absolute Gasteiger partial charge is 0.497 e. The molecule has 148 valence electrons. The number of hydrogen-bond donors (Lipinski definition) is 3. The van der Waals surface area contributed by atoms with E-state index in [4.69, 9.17) is 4.74 Å². The molecule has 1 saturated heterocycles. The minimum absolute atomic E-state index is 0. The highest BCUT2D eigenvalue weighted by molar-refractivity contribution is 5.85. The topological polar surface area (TPSA) is 76.0 Å². The summed E-state index contributed by atoms with van der Waals surface area (Å²) in [6, 6.07) is 14.5. The van der Waals surface area contributed by atoms with Crippen molar-refractivity contribution in [3.63, 3.8) is 0 Å². The number of aromatic nitrogens is 3. The van der Waals surface area contributed by atoms with Gasteiger partial charge in [-0.25, -0.2) is 15.1 Å². The van der Waals surface area contributed by atoms with Crippen LogP contribution in [0.3, 0.4) is 0 Å². The Labute approximate surface area is 170 Å². The molecule has 2 atom stereocenters. The Morgan fingerprint density at radius 3 is 2.96 bits per heavy atom. The van der Waals surface area contributed by atoms with Crippen molar-refractivity contribution in [2.24, 2.45) is 5.92 Å². The Morgan fingerprint density at radius 2 is 2.14 bits per heavy atom. The van der Waals surface area contributed by atoms with Crippen molar-refractivity contribution in [3.05, 3.63) is 72.2 Å². The molecule has 8 heteroatoms. The molecule has 0 bridgehead atoms. The van der Waals surface area contributed by atoms with E-state index in [0.717, 1.165) is 31.2 Å². The Kier molecular flexibility index (Phi) is 7.00. The van der Waals surface area contributed by atoms with Crippen LogP contribution in [0.2, 0.25) is 0 Å². The van der Waals surface area contributed by atoms with E-state index in [9.17, 15) is 0 Å². The summed E-state index contributed by atoms with van der Waals surface area (Å²) in [5, 5.41) is 7.81. The molecule has 28 heavy (non-hydrogen) atoms. The number of pyridine rings is 1. The maximum Gasteiger partial charge on any atom is 0.153 e. The number of nitrogens with zero attached hydrogens (tertiary/aromatic N) is 3. The second kappa shape index (κ2) is 9.66. The molecule has 0 saturated carbocycles. The van der Waals surface area contributed by atoms with Crippen molar-refractivity contribution < 1.29 is 4.74 Å². The molecular formula is C20H25ClN6O. The maximum atomic E-state index is 5.35. The van der Waals surface area contributed by atoms with Crippen LogP contribution >= 0.6 is 12.4 Å². The number of halogens is 1. The summed E-state index contributed by atoms with van der Waals surface area (Å²) in [6.45, 7) is 2.61. The monoisotopic (exact) mass is 400 g/mol. The van der Waals surface area contributed by atoms with Crippen LogP contribution in [-0.2, 0) is 6.54 Å². The number of ether oxygens (including phenoxy) is 1. The third-order valence-electron chi connectivity index (χ3n) is 4.83. The van der Waals surface area contributed by atoms with Gasteiger partial charge in [-0.2, -0.15) is 5.10 Å². The third kappa shape index (κ3) is 4.69. The predicted octanol–water partition coefficient (Wildman–Crippen LogP) is 2.25. The van der Waals surface area contributed by atoms with Gasteiger partial charge in [-0.05, 0) is 41.5 Å². The Balaban J connectivity index is 0.00000225. The fourth-order valence-corrected chi connectivity index (χ4v) is 3.42. The van der Waals surface area contributed by atoms with Gasteiger partial charge < -0.3 is 10.1 Å². The Bertz CT molecular complexity index is 873. The SMILES string of the molecule is COc1cccc(C2NNCC2CNCc2ccnc(-n3cccn3)c2)c1.Cl. The third-order valence-corrected chi connectivity index (χ3v) is 4.83. The van der Waals surface area contributed by atoms with Gasteiger partial charge in [0, 0.05) is 44.1 Å². The first kappa shape index (κ1) is 20.3. The lowest BCUT2D eigenvalue weighted by Crippen LogP contribution is -2.28. The first-order valence-electron chi connectivity index (χ1n) is 9.11. The van der Waals surface area contributed by atoms with Crippen molar-refractivity contribution in [1.29, 1.82) is 0 Å². The van der Waals surface area contributed by atoms with Crippen LogP contribution in [0.25, 0.3) is 5.82 Å². The average molecular weight is 401 g/mol. The summed E-state index contributed by atoms with van der Waals surface area (Å²) >= 11 is 0. The normalized spacial score (nSPS) is 18.6. The van der Waals surface area contributed by atoms with Gasteiger partial charge >= 0.3 is 0 Å². The lowest BCUT2D eigenvalue weighted by atomic mass is 9.94. The van der Waals surface area contributed by atoms with Gasteiger partial charge in [-0.15, -0.1) is 12.4 Å². The Hall–Kier alpha value is -2.45. The number of hydrogen-bond acceptors (Lipinski definition) is 6. The van der Waals surface area contributed by atoms with Gasteiger partial charge in [-0.3, -0.25) is 5.43 Å². The zero-order valence-corrected chi connectivity index (χ0v) is 16.5. The van der Waals surface area contributed by atoms with Crippen LogP contribution in [0.5, 0.6) is 5.75 Å². The molecular weight excluding hydrogens is 376 g/mol. The van der Waals surface area contributed by atoms with E-state index in [2.05, 4.69) is 44.5 Å². The lowest BCUT2D eigenvalue weighted by molar-refractivity contribution is 0.409. The molecule has 1 aliphatic rings. The highest BCUT2D eigenvalue weighted by atomic mass is 35.5. The van der Waals surface area contributed by atoms with Crippen LogP contribution < -0.4 is 20.9 Å². The molecule has 4 rings (SSSR count). The molecule has 0 spiro atoms. The van der Waals surface area contributed by atoms with Crippen molar-refractivity contribution in [2.45, 2.75) is 12.6 Å². The average Bonchev–Trinajstić information content (AvgIpc) is 3.40. The van der Waals surface area contributed by atoms with Gasteiger partial charge in [-0.1, -0.05) is 12.1 Å². The van der Waals surface area contributed by atoms with Gasteiger partial charge in [0.05, 0.1) is 13.2 Å². The molecule has 2 aromatic heterocycles. The highest BCUT2D eigenvalue weighted by Crippen LogP contribution is 2.27. The predicted molar refractivity (Wildman–Crippen MR) is 111 cm³/mol. The molecule has 0 amide bonds. The van der Waals surface area contributed by atoms with Crippen LogP contribution in [0.4, 0.5) is 0 Å². The van der Waals surface area contributed by atoms with Crippen LogP contribution in [0, 0.1) is 5.92 Å². The summed E-state index contributed by atoms with van der Waals surface area (Å²) in [5.74, 6) is 2.16. The van der Waals surface area contributed by atoms with E-state index < -0.39 is 0 Å². The molecule has 1 aliphatic heterocycles. The summed E-state index contributed by atoms with van der Waals surface area (Å²) < 4.78 is 7.12. The number of methoxy groups -OCH3 is 1. The quantitative estimate of drug-likeness (QED) is 0.564. The second-order valence-corrected chi connectivity index (χ2v) is 6.64. The van der Waals surface area contributed by atoms with Gasteiger partial charge in [0.2, 0.25) is 0 Å². The molecule has 3 aromatic rings.